The molecule has 0 saturated heterocycles. The SMILES string of the molecule is CCCN(CCC)c1ccc(C(=O)Nc2ccccc2Br)nn1. The van der Waals surface area contributed by atoms with E-state index < -0.39 is 0 Å². The Balaban J connectivity index is 2.09. The number of nitrogens with zero attached hydrogens (tertiary/aromatic N) is 3. The van der Waals surface area contributed by atoms with Gasteiger partial charge in [-0.2, -0.15) is 0 Å². The van der Waals surface area contributed by atoms with E-state index in [2.05, 4.69) is 50.2 Å². The largest absolute Gasteiger partial charge is 0.355 e. The van der Waals surface area contributed by atoms with E-state index in [4.69, 9.17) is 0 Å². The average Bonchev–Trinajstić information content (AvgIpc) is 2.57. The molecule has 0 aliphatic carbocycles. The summed E-state index contributed by atoms with van der Waals surface area (Å²) >= 11 is 3.41. The molecule has 1 heterocycles. The van der Waals surface area contributed by atoms with Gasteiger partial charge in [0.1, 0.15) is 0 Å². The Bertz CT molecular complexity index is 639. The molecule has 2 rings (SSSR count). The van der Waals surface area contributed by atoms with E-state index in [1.54, 1.807) is 6.07 Å². The minimum atomic E-state index is -0.270. The number of nitrogens with one attached hydrogen (secondary N) is 1. The van der Waals surface area contributed by atoms with E-state index in [9.17, 15) is 4.79 Å². The number of para-hydroxylation sites is 1. The van der Waals surface area contributed by atoms with Crippen LogP contribution < -0.4 is 10.2 Å². The zero-order valence-corrected chi connectivity index (χ0v) is 15.0. The molecule has 0 fully saturated rings. The molecule has 2 aromatic rings. The van der Waals surface area contributed by atoms with Gasteiger partial charge in [0, 0.05) is 17.6 Å². The fourth-order valence-corrected chi connectivity index (χ4v) is 2.63. The lowest BCUT2D eigenvalue weighted by molar-refractivity contribution is 0.102. The average molecular weight is 377 g/mol. The van der Waals surface area contributed by atoms with Gasteiger partial charge in [-0.1, -0.05) is 26.0 Å². The van der Waals surface area contributed by atoms with E-state index >= 15 is 0 Å². The van der Waals surface area contributed by atoms with Crippen LogP contribution in [0.4, 0.5) is 11.5 Å². The fourth-order valence-electron chi connectivity index (χ4n) is 2.24. The first kappa shape index (κ1) is 17.4. The summed E-state index contributed by atoms with van der Waals surface area (Å²) < 4.78 is 0.829. The molecule has 122 valence electrons. The summed E-state index contributed by atoms with van der Waals surface area (Å²) in [6.07, 6.45) is 2.10. The topological polar surface area (TPSA) is 58.1 Å². The van der Waals surface area contributed by atoms with Gasteiger partial charge in [0.2, 0.25) is 0 Å². The summed E-state index contributed by atoms with van der Waals surface area (Å²) in [5, 5.41) is 11.1. The maximum absolute atomic E-state index is 12.3. The molecule has 1 amide bonds. The zero-order valence-electron chi connectivity index (χ0n) is 13.4. The second-order valence-corrected chi connectivity index (χ2v) is 6.05. The molecule has 1 aromatic carbocycles. The molecule has 0 saturated carbocycles. The minimum absolute atomic E-state index is 0.270. The van der Waals surface area contributed by atoms with Crippen molar-refractivity contribution >= 4 is 33.3 Å². The summed E-state index contributed by atoms with van der Waals surface area (Å²) in [7, 11) is 0. The third-order valence-electron chi connectivity index (χ3n) is 3.32. The maximum atomic E-state index is 12.3. The predicted octanol–water partition coefficient (Wildman–Crippen LogP) is 4.12. The minimum Gasteiger partial charge on any atom is -0.355 e. The quantitative estimate of drug-likeness (QED) is 0.789. The van der Waals surface area contributed by atoms with E-state index in [0.29, 0.717) is 11.4 Å². The van der Waals surface area contributed by atoms with Crippen molar-refractivity contribution in [1.29, 1.82) is 0 Å². The van der Waals surface area contributed by atoms with Crippen molar-refractivity contribution < 1.29 is 4.79 Å². The monoisotopic (exact) mass is 376 g/mol. The number of benzene rings is 1. The summed E-state index contributed by atoms with van der Waals surface area (Å²) in [6, 6.07) is 11.0. The van der Waals surface area contributed by atoms with Crippen LogP contribution in [0.1, 0.15) is 37.2 Å². The molecule has 0 atom stereocenters. The van der Waals surface area contributed by atoms with Crippen molar-refractivity contribution in [2.75, 3.05) is 23.3 Å². The number of carbonyl (C=O) groups excluding carboxylic acids is 1. The first-order valence-corrected chi connectivity index (χ1v) is 8.59. The molecule has 0 radical (unpaired) electrons. The molecule has 0 aliphatic heterocycles. The second-order valence-electron chi connectivity index (χ2n) is 5.20. The Hall–Kier alpha value is -1.95. The first-order chi connectivity index (χ1) is 11.2. The number of halogens is 1. The normalized spacial score (nSPS) is 10.4. The van der Waals surface area contributed by atoms with Gasteiger partial charge in [-0.05, 0) is 53.0 Å². The summed E-state index contributed by atoms with van der Waals surface area (Å²) in [5.41, 5.74) is 1.01. The molecule has 1 aromatic heterocycles. The fraction of sp³-hybridized carbons (Fsp3) is 0.353. The Morgan fingerprint density at radius 1 is 1.09 bits per heavy atom. The van der Waals surface area contributed by atoms with Crippen molar-refractivity contribution in [2.45, 2.75) is 26.7 Å². The Labute approximate surface area is 145 Å². The van der Waals surface area contributed by atoms with Gasteiger partial charge in [-0.3, -0.25) is 4.79 Å². The number of rotatable bonds is 7. The van der Waals surface area contributed by atoms with Gasteiger partial charge < -0.3 is 10.2 Å². The van der Waals surface area contributed by atoms with Gasteiger partial charge in [0.05, 0.1) is 5.69 Å². The molecule has 0 spiro atoms. The highest BCUT2D eigenvalue weighted by Gasteiger charge is 2.12. The number of anilines is 2. The van der Waals surface area contributed by atoms with Gasteiger partial charge in [-0.25, -0.2) is 0 Å². The van der Waals surface area contributed by atoms with Crippen LogP contribution in [0.5, 0.6) is 0 Å². The van der Waals surface area contributed by atoms with E-state index in [1.165, 1.54) is 0 Å². The highest BCUT2D eigenvalue weighted by Crippen LogP contribution is 2.21. The molecule has 5 nitrogen and oxygen atoms in total. The predicted molar refractivity (Wildman–Crippen MR) is 96.9 cm³/mol. The summed E-state index contributed by atoms with van der Waals surface area (Å²) in [4.78, 5) is 14.4. The van der Waals surface area contributed by atoms with Crippen LogP contribution in [-0.4, -0.2) is 29.2 Å². The van der Waals surface area contributed by atoms with E-state index in [0.717, 1.165) is 36.2 Å². The first-order valence-electron chi connectivity index (χ1n) is 7.80. The van der Waals surface area contributed by atoms with E-state index in [-0.39, 0.29) is 5.91 Å². The molecule has 0 bridgehead atoms. The van der Waals surface area contributed by atoms with Crippen molar-refractivity contribution in [1.82, 2.24) is 10.2 Å². The second kappa shape index (κ2) is 8.62. The molecule has 6 heteroatoms. The standard InChI is InChI=1S/C17H21BrN4O/c1-3-11-22(12-4-2)16-10-9-15(20-21-16)17(23)19-14-8-6-5-7-13(14)18/h5-10H,3-4,11-12H2,1-2H3,(H,19,23). The lowest BCUT2D eigenvalue weighted by Gasteiger charge is -2.21. The van der Waals surface area contributed by atoms with Crippen molar-refractivity contribution in [3.8, 4) is 0 Å². The van der Waals surface area contributed by atoms with Crippen LogP contribution in [0, 0.1) is 0 Å². The van der Waals surface area contributed by atoms with Crippen LogP contribution in [0.3, 0.4) is 0 Å². The zero-order chi connectivity index (χ0) is 16.7. The summed E-state index contributed by atoms with van der Waals surface area (Å²) in [6.45, 7) is 6.14. The Morgan fingerprint density at radius 3 is 2.35 bits per heavy atom. The van der Waals surface area contributed by atoms with Crippen LogP contribution in [-0.2, 0) is 0 Å². The number of hydrogen-bond acceptors (Lipinski definition) is 4. The third kappa shape index (κ3) is 4.76. The number of carbonyl (C=O) groups is 1. The number of amides is 1. The van der Waals surface area contributed by atoms with Crippen LogP contribution in [0.25, 0.3) is 0 Å². The summed E-state index contributed by atoms with van der Waals surface area (Å²) in [5.74, 6) is 0.541. The van der Waals surface area contributed by atoms with Gasteiger partial charge >= 0.3 is 0 Å². The van der Waals surface area contributed by atoms with Crippen LogP contribution >= 0.6 is 15.9 Å². The van der Waals surface area contributed by atoms with Crippen LogP contribution in [0.15, 0.2) is 40.9 Å². The van der Waals surface area contributed by atoms with Gasteiger partial charge in [0.25, 0.3) is 5.91 Å². The van der Waals surface area contributed by atoms with Gasteiger partial charge in [-0.15, -0.1) is 10.2 Å². The Kier molecular flexibility index (Phi) is 6.52. The van der Waals surface area contributed by atoms with E-state index in [1.807, 2.05) is 30.3 Å². The molecular weight excluding hydrogens is 356 g/mol. The van der Waals surface area contributed by atoms with Crippen molar-refractivity contribution in [2.24, 2.45) is 0 Å². The van der Waals surface area contributed by atoms with Crippen molar-refractivity contribution in [3.63, 3.8) is 0 Å². The molecule has 23 heavy (non-hydrogen) atoms. The lowest BCUT2D eigenvalue weighted by Crippen LogP contribution is -2.26. The highest BCUT2D eigenvalue weighted by atomic mass is 79.9. The molecule has 0 unspecified atom stereocenters. The molecule has 1 N–H and O–H groups in total. The number of aromatic nitrogens is 2. The smallest absolute Gasteiger partial charge is 0.276 e. The highest BCUT2D eigenvalue weighted by molar-refractivity contribution is 9.10. The third-order valence-corrected chi connectivity index (χ3v) is 4.01. The molecular formula is C17H21BrN4O. The molecule has 0 aliphatic rings. The van der Waals surface area contributed by atoms with Crippen LogP contribution in [0.2, 0.25) is 0 Å². The number of hydrogen-bond donors (Lipinski definition) is 1. The lowest BCUT2D eigenvalue weighted by atomic mass is 10.3. The Morgan fingerprint density at radius 2 is 1.78 bits per heavy atom. The maximum Gasteiger partial charge on any atom is 0.276 e. The van der Waals surface area contributed by atoms with Crippen molar-refractivity contribution in [3.05, 3.63) is 46.6 Å². The van der Waals surface area contributed by atoms with Gasteiger partial charge in [0.15, 0.2) is 11.5 Å².